The highest BCUT2D eigenvalue weighted by molar-refractivity contribution is 6.07. The lowest BCUT2D eigenvalue weighted by Crippen LogP contribution is -2.39. The molecule has 0 saturated carbocycles. The molecule has 178 valence electrons. The molecule has 3 aromatic carbocycles. The fourth-order valence-corrected chi connectivity index (χ4v) is 3.60. The summed E-state index contributed by atoms with van der Waals surface area (Å²) in [6.07, 6.45) is 6.15. The maximum Gasteiger partial charge on any atom is 0.330 e. The van der Waals surface area contributed by atoms with Crippen molar-refractivity contribution in [3.63, 3.8) is 0 Å². The van der Waals surface area contributed by atoms with Gasteiger partial charge in [-0.05, 0) is 30.5 Å². The summed E-state index contributed by atoms with van der Waals surface area (Å²) in [5.74, 6) is -1.04. The fourth-order valence-electron chi connectivity index (χ4n) is 3.60. The van der Waals surface area contributed by atoms with Crippen molar-refractivity contribution in [3.8, 4) is 0 Å². The minimum Gasteiger partial charge on any atom is -0.463 e. The summed E-state index contributed by atoms with van der Waals surface area (Å²) in [5.41, 5.74) is 2.46. The first kappa shape index (κ1) is 25.4. The van der Waals surface area contributed by atoms with E-state index in [1.165, 1.54) is 18.2 Å². The number of nitrogens with zero attached hydrogens (tertiary/aromatic N) is 1. The summed E-state index contributed by atoms with van der Waals surface area (Å²) < 4.78 is 5.04. The number of amides is 1. The van der Waals surface area contributed by atoms with Crippen molar-refractivity contribution in [3.05, 3.63) is 132 Å². The van der Waals surface area contributed by atoms with Crippen LogP contribution in [0.1, 0.15) is 28.4 Å². The number of ether oxygens (including phenoxy) is 1. The number of rotatable bonds is 11. The van der Waals surface area contributed by atoms with E-state index in [1.807, 2.05) is 66.7 Å². The molecular formula is C30H29NO4. The van der Waals surface area contributed by atoms with Gasteiger partial charge in [-0.3, -0.25) is 9.59 Å². The van der Waals surface area contributed by atoms with E-state index < -0.39 is 12.0 Å². The van der Waals surface area contributed by atoms with Gasteiger partial charge in [-0.15, -0.1) is 0 Å². The molecule has 0 unspecified atom stereocenters. The van der Waals surface area contributed by atoms with E-state index in [-0.39, 0.29) is 18.3 Å². The molecule has 5 nitrogen and oxygen atoms in total. The number of ketones is 1. The molecule has 1 amide bonds. The van der Waals surface area contributed by atoms with Crippen LogP contribution in [0.4, 0.5) is 0 Å². The normalized spacial score (nSPS) is 11.9. The molecule has 0 N–H and O–H groups in total. The summed E-state index contributed by atoms with van der Waals surface area (Å²) in [5, 5.41) is 0. The molecule has 0 heterocycles. The zero-order chi connectivity index (χ0) is 24.9. The summed E-state index contributed by atoms with van der Waals surface area (Å²) in [6, 6.07) is 27.7. The molecule has 0 aliphatic heterocycles. The van der Waals surface area contributed by atoms with Crippen LogP contribution in [0.5, 0.6) is 0 Å². The zero-order valence-electron chi connectivity index (χ0n) is 19.7. The molecule has 0 spiro atoms. The molecule has 0 aliphatic rings. The number of allylic oxidation sites excluding steroid dienone is 1. The van der Waals surface area contributed by atoms with E-state index in [4.69, 9.17) is 4.74 Å². The predicted molar refractivity (Wildman–Crippen MR) is 137 cm³/mol. The van der Waals surface area contributed by atoms with Crippen molar-refractivity contribution in [2.45, 2.75) is 25.9 Å². The third kappa shape index (κ3) is 8.23. The Labute approximate surface area is 206 Å². The third-order valence-electron chi connectivity index (χ3n) is 5.34. The van der Waals surface area contributed by atoms with Crippen molar-refractivity contribution in [1.29, 1.82) is 0 Å². The van der Waals surface area contributed by atoms with E-state index in [0.717, 1.165) is 11.1 Å². The van der Waals surface area contributed by atoms with Crippen LogP contribution in [0.2, 0.25) is 0 Å². The van der Waals surface area contributed by atoms with E-state index >= 15 is 0 Å². The van der Waals surface area contributed by atoms with Gasteiger partial charge in [-0.2, -0.15) is 0 Å². The van der Waals surface area contributed by atoms with E-state index in [1.54, 1.807) is 42.2 Å². The first-order valence-corrected chi connectivity index (χ1v) is 11.6. The van der Waals surface area contributed by atoms with Gasteiger partial charge in [-0.25, -0.2) is 4.79 Å². The Balaban J connectivity index is 1.91. The lowest BCUT2D eigenvalue weighted by Gasteiger charge is -2.29. The average Bonchev–Trinajstić information content (AvgIpc) is 2.90. The second-order valence-electron chi connectivity index (χ2n) is 7.88. The van der Waals surface area contributed by atoms with Gasteiger partial charge in [0.15, 0.2) is 5.78 Å². The van der Waals surface area contributed by atoms with Crippen LogP contribution in [0.15, 0.2) is 115 Å². The molecule has 1 atom stereocenters. The monoisotopic (exact) mass is 467 g/mol. The third-order valence-corrected chi connectivity index (χ3v) is 5.34. The second kappa shape index (κ2) is 13.5. The van der Waals surface area contributed by atoms with Crippen molar-refractivity contribution >= 4 is 17.7 Å². The average molecular weight is 468 g/mol. The molecule has 5 heteroatoms. The van der Waals surface area contributed by atoms with Gasteiger partial charge in [0, 0.05) is 24.3 Å². The van der Waals surface area contributed by atoms with Crippen molar-refractivity contribution in [2.75, 3.05) is 6.61 Å². The van der Waals surface area contributed by atoms with Crippen LogP contribution in [-0.4, -0.2) is 35.2 Å². The summed E-state index contributed by atoms with van der Waals surface area (Å²) in [4.78, 5) is 39.7. The van der Waals surface area contributed by atoms with E-state index in [9.17, 15) is 14.4 Å². The van der Waals surface area contributed by atoms with E-state index in [2.05, 4.69) is 0 Å². The van der Waals surface area contributed by atoms with Crippen molar-refractivity contribution in [1.82, 2.24) is 4.90 Å². The molecule has 3 aromatic rings. The lowest BCUT2D eigenvalue weighted by atomic mass is 10.0. The highest BCUT2D eigenvalue weighted by Gasteiger charge is 2.22. The Morgan fingerprint density at radius 3 is 1.94 bits per heavy atom. The largest absolute Gasteiger partial charge is 0.463 e. The molecule has 0 saturated heterocycles. The maximum absolute atomic E-state index is 13.4. The standard InChI is InChI=1S/C30H29NO4/c1-2-35-30(34)21-18-27(22-24-12-6-3-7-13-24)31(23-25-14-8-4-9-15-25)29(33)20-19-28(32)26-16-10-5-11-17-26/h3-21,27H,2,22-23H2,1H3/b20-19+,21-18+/t27-/m1/s1. The molecule has 0 aliphatic carbocycles. The van der Waals surface area contributed by atoms with Crippen molar-refractivity contribution in [2.24, 2.45) is 0 Å². The lowest BCUT2D eigenvalue weighted by molar-refractivity contribution is -0.137. The van der Waals surface area contributed by atoms with Gasteiger partial charge in [0.25, 0.3) is 0 Å². The SMILES string of the molecule is CCOC(=O)/C=C/[C@H](Cc1ccccc1)N(Cc1ccccc1)C(=O)/C=C/C(=O)c1ccccc1. The van der Waals surface area contributed by atoms with Gasteiger partial charge >= 0.3 is 5.97 Å². The number of hydrogen-bond acceptors (Lipinski definition) is 4. The van der Waals surface area contributed by atoms with Crippen LogP contribution < -0.4 is 0 Å². The maximum atomic E-state index is 13.4. The molecule has 0 radical (unpaired) electrons. The van der Waals surface area contributed by atoms with Gasteiger partial charge in [0.1, 0.15) is 0 Å². The number of benzene rings is 3. The van der Waals surface area contributed by atoms with Gasteiger partial charge in [-0.1, -0.05) is 97.1 Å². The smallest absolute Gasteiger partial charge is 0.330 e. The first-order valence-electron chi connectivity index (χ1n) is 11.6. The second-order valence-corrected chi connectivity index (χ2v) is 7.88. The van der Waals surface area contributed by atoms with Crippen molar-refractivity contribution < 1.29 is 19.1 Å². The first-order chi connectivity index (χ1) is 17.1. The Kier molecular flexibility index (Phi) is 9.75. The minimum absolute atomic E-state index is 0.250. The quantitative estimate of drug-likeness (QED) is 0.221. The Bertz CT molecular complexity index is 1150. The molecule has 0 bridgehead atoms. The Morgan fingerprint density at radius 2 is 1.34 bits per heavy atom. The number of hydrogen-bond donors (Lipinski definition) is 0. The minimum atomic E-state index is -0.465. The molecule has 0 aromatic heterocycles. The highest BCUT2D eigenvalue weighted by Crippen LogP contribution is 2.16. The summed E-state index contributed by atoms with van der Waals surface area (Å²) in [6.45, 7) is 2.32. The summed E-state index contributed by atoms with van der Waals surface area (Å²) in [7, 11) is 0. The van der Waals surface area contributed by atoms with Crippen LogP contribution >= 0.6 is 0 Å². The van der Waals surface area contributed by atoms with Crippen LogP contribution in [0.25, 0.3) is 0 Å². The Hall–Kier alpha value is -4.25. The van der Waals surface area contributed by atoms with Gasteiger partial charge in [0.2, 0.25) is 5.91 Å². The topological polar surface area (TPSA) is 63.7 Å². The molecule has 35 heavy (non-hydrogen) atoms. The van der Waals surface area contributed by atoms with E-state index in [0.29, 0.717) is 18.5 Å². The number of carbonyl (C=O) groups is 3. The zero-order valence-corrected chi connectivity index (χ0v) is 19.7. The van der Waals surface area contributed by atoms with Gasteiger partial charge < -0.3 is 9.64 Å². The molecule has 0 fully saturated rings. The van der Waals surface area contributed by atoms with Crippen LogP contribution in [0, 0.1) is 0 Å². The van der Waals surface area contributed by atoms with Gasteiger partial charge in [0.05, 0.1) is 12.6 Å². The highest BCUT2D eigenvalue weighted by atomic mass is 16.5. The van der Waals surface area contributed by atoms with Crippen LogP contribution in [0.3, 0.4) is 0 Å². The fraction of sp³-hybridized carbons (Fsp3) is 0.167. The van der Waals surface area contributed by atoms with Crippen LogP contribution in [-0.2, 0) is 27.3 Å². The number of carbonyl (C=O) groups excluding carboxylic acids is 3. The Morgan fingerprint density at radius 1 is 0.771 bits per heavy atom. The predicted octanol–water partition coefficient (Wildman–Crippen LogP) is 5.18. The molecular weight excluding hydrogens is 438 g/mol. The summed E-state index contributed by atoms with van der Waals surface area (Å²) >= 11 is 0. The molecule has 3 rings (SSSR count). The number of esters is 1.